The maximum Gasteiger partial charge on any atom is 0.263 e. The van der Waals surface area contributed by atoms with Crippen molar-refractivity contribution in [3.8, 4) is 0 Å². The van der Waals surface area contributed by atoms with E-state index in [4.69, 9.17) is 4.74 Å². The molecule has 2 aromatic carbocycles. The van der Waals surface area contributed by atoms with Crippen molar-refractivity contribution >= 4 is 32.7 Å². The van der Waals surface area contributed by atoms with Gasteiger partial charge in [0, 0.05) is 13.2 Å². The van der Waals surface area contributed by atoms with Crippen LogP contribution in [0.25, 0.3) is 11.0 Å². The second kappa shape index (κ2) is 7.73. The van der Waals surface area contributed by atoms with Crippen LogP contribution in [0.4, 0.5) is 11.6 Å². The summed E-state index contributed by atoms with van der Waals surface area (Å²) in [4.78, 5) is 9.32. The molecule has 0 spiro atoms. The summed E-state index contributed by atoms with van der Waals surface area (Å²) in [7, 11) is -2.06. The van der Waals surface area contributed by atoms with Crippen LogP contribution in [0, 0.1) is 0 Å². The van der Waals surface area contributed by atoms with Crippen molar-refractivity contribution in [1.82, 2.24) is 9.97 Å². The predicted molar refractivity (Wildman–Crippen MR) is 109 cm³/mol. The van der Waals surface area contributed by atoms with Gasteiger partial charge in [0.15, 0.2) is 11.6 Å². The molecule has 4 rings (SSSR count). The summed E-state index contributed by atoms with van der Waals surface area (Å²) in [6.07, 6.45) is 2.93. The number of benzene rings is 2. The van der Waals surface area contributed by atoms with Crippen LogP contribution in [0.5, 0.6) is 0 Å². The minimum absolute atomic E-state index is 0.153. The number of methoxy groups -OCH3 is 1. The summed E-state index contributed by atoms with van der Waals surface area (Å²) in [6.45, 7) is 0. The van der Waals surface area contributed by atoms with Gasteiger partial charge in [0.25, 0.3) is 10.0 Å². The molecular weight excluding hydrogens is 376 g/mol. The molecule has 3 aromatic rings. The summed E-state index contributed by atoms with van der Waals surface area (Å²) < 4.78 is 33.6. The van der Waals surface area contributed by atoms with E-state index in [9.17, 15) is 8.42 Å². The average molecular weight is 398 g/mol. The fourth-order valence-electron chi connectivity index (χ4n) is 3.44. The first kappa shape index (κ1) is 18.6. The molecule has 1 fully saturated rings. The minimum atomic E-state index is -3.77. The lowest BCUT2D eigenvalue weighted by molar-refractivity contribution is 0.108. The van der Waals surface area contributed by atoms with E-state index in [1.54, 1.807) is 37.4 Å². The number of fused-ring (bicyclic) bond motifs is 1. The minimum Gasteiger partial charge on any atom is -0.381 e. The van der Waals surface area contributed by atoms with Crippen molar-refractivity contribution in [2.24, 2.45) is 0 Å². The Morgan fingerprint density at radius 1 is 0.929 bits per heavy atom. The van der Waals surface area contributed by atoms with E-state index in [1.807, 2.05) is 24.3 Å². The summed E-state index contributed by atoms with van der Waals surface area (Å²) in [5.74, 6) is 0.628. The highest BCUT2D eigenvalue weighted by Gasteiger charge is 2.26. The number of sulfonamides is 1. The second-order valence-corrected chi connectivity index (χ2v) is 8.52. The molecule has 0 bridgehead atoms. The van der Waals surface area contributed by atoms with E-state index in [-0.39, 0.29) is 22.9 Å². The normalized spacial score (nSPS) is 19.6. The third kappa shape index (κ3) is 3.93. The first-order chi connectivity index (χ1) is 13.5. The second-order valence-electron chi connectivity index (χ2n) is 6.84. The van der Waals surface area contributed by atoms with Gasteiger partial charge < -0.3 is 10.1 Å². The third-order valence-corrected chi connectivity index (χ3v) is 6.27. The van der Waals surface area contributed by atoms with Crippen molar-refractivity contribution < 1.29 is 13.2 Å². The number of rotatable bonds is 6. The smallest absolute Gasteiger partial charge is 0.263 e. The number of nitrogens with one attached hydrogen (secondary N) is 2. The Morgan fingerprint density at radius 3 is 2.21 bits per heavy atom. The summed E-state index contributed by atoms with van der Waals surface area (Å²) in [6, 6.07) is 15.8. The zero-order valence-electron chi connectivity index (χ0n) is 15.5. The molecule has 1 aliphatic rings. The van der Waals surface area contributed by atoms with Gasteiger partial charge in [-0.3, -0.25) is 4.72 Å². The number of nitrogens with zero attached hydrogens (tertiary/aromatic N) is 2. The van der Waals surface area contributed by atoms with E-state index in [0.29, 0.717) is 16.9 Å². The zero-order valence-corrected chi connectivity index (χ0v) is 16.3. The van der Waals surface area contributed by atoms with Crippen LogP contribution in [0.3, 0.4) is 0 Å². The SMILES string of the molecule is CO[C@@H]1CC[C@@H](Nc2nc3ccccc3nc2NS(=O)(=O)c2ccccc2)C1. The van der Waals surface area contributed by atoms with Gasteiger partial charge in [0.2, 0.25) is 0 Å². The lowest BCUT2D eigenvalue weighted by Gasteiger charge is -2.17. The van der Waals surface area contributed by atoms with Crippen LogP contribution in [0.1, 0.15) is 19.3 Å². The Balaban J connectivity index is 1.69. The molecule has 2 atom stereocenters. The van der Waals surface area contributed by atoms with Gasteiger partial charge in [-0.15, -0.1) is 0 Å². The molecule has 0 amide bonds. The Bertz CT molecular complexity index is 1070. The fourth-order valence-corrected chi connectivity index (χ4v) is 4.47. The van der Waals surface area contributed by atoms with Crippen LogP contribution in [-0.2, 0) is 14.8 Å². The summed E-state index contributed by atoms with van der Waals surface area (Å²) in [5.41, 5.74) is 1.33. The van der Waals surface area contributed by atoms with E-state index in [1.165, 1.54) is 0 Å². The van der Waals surface area contributed by atoms with Crippen LogP contribution < -0.4 is 10.0 Å². The fraction of sp³-hybridized carbons (Fsp3) is 0.300. The maximum atomic E-state index is 12.8. The van der Waals surface area contributed by atoms with Crippen LogP contribution in [0.2, 0.25) is 0 Å². The van der Waals surface area contributed by atoms with E-state index in [0.717, 1.165) is 19.3 Å². The highest BCUT2D eigenvalue weighted by molar-refractivity contribution is 7.92. The van der Waals surface area contributed by atoms with Crippen molar-refractivity contribution in [2.75, 3.05) is 17.1 Å². The Morgan fingerprint density at radius 2 is 1.57 bits per heavy atom. The molecular formula is C20H22N4O3S. The first-order valence-electron chi connectivity index (χ1n) is 9.19. The van der Waals surface area contributed by atoms with E-state index < -0.39 is 10.0 Å². The third-order valence-electron chi connectivity index (χ3n) is 4.91. The predicted octanol–water partition coefficient (Wildman–Crippen LogP) is 3.41. The standard InChI is InChI=1S/C20H22N4O3S/c1-27-15-12-11-14(13-15)21-19-20(23-18-10-6-5-9-17(18)22-19)24-28(25,26)16-7-3-2-4-8-16/h2-10,14-15H,11-13H2,1H3,(H,21,22)(H,23,24)/t14-,15-/m1/s1. The molecule has 1 saturated carbocycles. The quantitative estimate of drug-likeness (QED) is 0.661. The molecule has 0 aliphatic heterocycles. The van der Waals surface area contributed by atoms with Crippen molar-refractivity contribution in [3.63, 3.8) is 0 Å². The van der Waals surface area contributed by atoms with Gasteiger partial charge in [0.05, 0.1) is 22.0 Å². The lowest BCUT2D eigenvalue weighted by atomic mass is 10.2. The summed E-state index contributed by atoms with van der Waals surface area (Å²) in [5, 5.41) is 3.36. The molecule has 0 saturated heterocycles. The molecule has 0 radical (unpaired) electrons. The molecule has 1 heterocycles. The Kier molecular flexibility index (Phi) is 5.15. The van der Waals surface area contributed by atoms with E-state index >= 15 is 0 Å². The van der Waals surface area contributed by atoms with Gasteiger partial charge in [0.1, 0.15) is 0 Å². The van der Waals surface area contributed by atoms with Gasteiger partial charge in [-0.05, 0) is 43.5 Å². The molecule has 2 N–H and O–H groups in total. The largest absolute Gasteiger partial charge is 0.381 e. The number of aromatic nitrogens is 2. The van der Waals surface area contributed by atoms with Crippen LogP contribution in [-0.4, -0.2) is 37.6 Å². The molecule has 1 aromatic heterocycles. The number of hydrogen-bond acceptors (Lipinski definition) is 6. The van der Waals surface area contributed by atoms with E-state index in [2.05, 4.69) is 20.0 Å². The van der Waals surface area contributed by atoms with Crippen LogP contribution in [0.15, 0.2) is 59.5 Å². The molecule has 0 unspecified atom stereocenters. The first-order valence-corrected chi connectivity index (χ1v) is 10.7. The van der Waals surface area contributed by atoms with Gasteiger partial charge in [-0.1, -0.05) is 30.3 Å². The summed E-state index contributed by atoms with van der Waals surface area (Å²) >= 11 is 0. The molecule has 146 valence electrons. The number of ether oxygens (including phenoxy) is 1. The highest BCUT2D eigenvalue weighted by atomic mass is 32.2. The number of para-hydroxylation sites is 2. The zero-order chi connectivity index (χ0) is 19.6. The highest BCUT2D eigenvalue weighted by Crippen LogP contribution is 2.29. The van der Waals surface area contributed by atoms with Gasteiger partial charge in [-0.2, -0.15) is 0 Å². The van der Waals surface area contributed by atoms with Crippen molar-refractivity contribution in [1.29, 1.82) is 0 Å². The lowest BCUT2D eigenvalue weighted by Crippen LogP contribution is -2.21. The number of hydrogen-bond donors (Lipinski definition) is 2. The maximum absolute atomic E-state index is 12.8. The number of anilines is 2. The molecule has 1 aliphatic carbocycles. The average Bonchev–Trinajstić information content (AvgIpc) is 3.16. The molecule has 8 heteroatoms. The Hall–Kier alpha value is -2.71. The van der Waals surface area contributed by atoms with Gasteiger partial charge >= 0.3 is 0 Å². The Labute approximate surface area is 164 Å². The molecule has 28 heavy (non-hydrogen) atoms. The monoisotopic (exact) mass is 398 g/mol. The van der Waals surface area contributed by atoms with Crippen molar-refractivity contribution in [3.05, 3.63) is 54.6 Å². The topological polar surface area (TPSA) is 93.2 Å². The van der Waals surface area contributed by atoms with Gasteiger partial charge in [-0.25, -0.2) is 18.4 Å². The molecule has 7 nitrogen and oxygen atoms in total. The van der Waals surface area contributed by atoms with Crippen molar-refractivity contribution in [2.45, 2.75) is 36.3 Å². The van der Waals surface area contributed by atoms with Crippen LogP contribution >= 0.6 is 0 Å².